The van der Waals surface area contributed by atoms with Crippen molar-refractivity contribution in [2.24, 2.45) is 5.92 Å². The lowest BCUT2D eigenvalue weighted by atomic mass is 10.00. The standard InChI is InChI=1S/C16H21N3O4/c1-3-10(2)13(9-20)17-14(21)8-19-15(22)11-6-4-5-7-12(11)18-16(19)23/h4-7,10,13,20H,3,8-9H2,1-2H3,(H,17,21)(H,18,23)/t10-,13+/m0/s1. The maximum atomic E-state index is 12.3. The summed E-state index contributed by atoms with van der Waals surface area (Å²) in [6.07, 6.45) is 0.794. The summed E-state index contributed by atoms with van der Waals surface area (Å²) in [7, 11) is 0. The predicted octanol–water partition coefficient (Wildman–Crippen LogP) is 0.213. The van der Waals surface area contributed by atoms with Crippen molar-refractivity contribution >= 4 is 16.8 Å². The molecule has 1 aromatic carbocycles. The molecule has 2 atom stereocenters. The summed E-state index contributed by atoms with van der Waals surface area (Å²) in [6.45, 7) is 3.30. The van der Waals surface area contributed by atoms with Gasteiger partial charge in [-0.25, -0.2) is 4.79 Å². The average molecular weight is 319 g/mol. The second-order valence-corrected chi connectivity index (χ2v) is 5.61. The van der Waals surface area contributed by atoms with Gasteiger partial charge in [-0.05, 0) is 18.1 Å². The highest BCUT2D eigenvalue weighted by atomic mass is 16.3. The summed E-state index contributed by atoms with van der Waals surface area (Å²) < 4.78 is 0.864. The fourth-order valence-electron chi connectivity index (χ4n) is 2.39. The molecule has 0 unspecified atom stereocenters. The lowest BCUT2D eigenvalue weighted by Crippen LogP contribution is -2.46. The first-order valence-electron chi connectivity index (χ1n) is 7.60. The van der Waals surface area contributed by atoms with Gasteiger partial charge in [0.25, 0.3) is 5.56 Å². The number of para-hydroxylation sites is 1. The van der Waals surface area contributed by atoms with Gasteiger partial charge in [0, 0.05) is 0 Å². The highest BCUT2D eigenvalue weighted by Gasteiger charge is 2.18. The van der Waals surface area contributed by atoms with E-state index in [0.29, 0.717) is 10.9 Å². The number of amides is 1. The van der Waals surface area contributed by atoms with E-state index in [1.165, 1.54) is 0 Å². The molecule has 1 aromatic heterocycles. The van der Waals surface area contributed by atoms with E-state index in [9.17, 15) is 19.5 Å². The Labute approximate surface area is 133 Å². The van der Waals surface area contributed by atoms with E-state index in [1.54, 1.807) is 24.3 Å². The first-order valence-corrected chi connectivity index (χ1v) is 7.60. The number of H-pyrrole nitrogens is 1. The Balaban J connectivity index is 2.26. The molecule has 0 aliphatic rings. The molecule has 3 N–H and O–H groups in total. The van der Waals surface area contributed by atoms with Gasteiger partial charge in [0.15, 0.2) is 0 Å². The molecule has 7 nitrogen and oxygen atoms in total. The van der Waals surface area contributed by atoms with Gasteiger partial charge in [-0.15, -0.1) is 0 Å². The van der Waals surface area contributed by atoms with Crippen LogP contribution in [0.15, 0.2) is 33.9 Å². The van der Waals surface area contributed by atoms with Crippen molar-refractivity contribution in [1.82, 2.24) is 14.9 Å². The number of aromatic amines is 1. The van der Waals surface area contributed by atoms with Crippen LogP contribution in [-0.2, 0) is 11.3 Å². The predicted molar refractivity (Wildman–Crippen MR) is 87.3 cm³/mol. The number of carbonyl (C=O) groups is 1. The molecule has 0 saturated carbocycles. The van der Waals surface area contributed by atoms with E-state index in [0.717, 1.165) is 11.0 Å². The van der Waals surface area contributed by atoms with Crippen LogP contribution in [0.2, 0.25) is 0 Å². The first-order chi connectivity index (χ1) is 11.0. The lowest BCUT2D eigenvalue weighted by molar-refractivity contribution is -0.123. The number of carbonyl (C=O) groups excluding carboxylic acids is 1. The molecule has 2 aromatic rings. The van der Waals surface area contributed by atoms with E-state index in [2.05, 4.69) is 10.3 Å². The van der Waals surface area contributed by atoms with E-state index in [1.807, 2.05) is 13.8 Å². The Bertz CT molecular complexity index is 809. The molecule has 0 bridgehead atoms. The summed E-state index contributed by atoms with van der Waals surface area (Å²) in [5.74, 6) is -0.386. The number of fused-ring (bicyclic) bond motifs is 1. The van der Waals surface area contributed by atoms with E-state index in [4.69, 9.17) is 0 Å². The van der Waals surface area contributed by atoms with E-state index < -0.39 is 23.2 Å². The highest BCUT2D eigenvalue weighted by molar-refractivity contribution is 5.79. The third-order valence-corrected chi connectivity index (χ3v) is 4.07. The summed E-state index contributed by atoms with van der Waals surface area (Å²) in [6, 6.07) is 6.23. The van der Waals surface area contributed by atoms with Crippen LogP contribution in [0, 0.1) is 5.92 Å². The molecule has 0 aliphatic carbocycles. The van der Waals surface area contributed by atoms with Gasteiger partial charge >= 0.3 is 5.69 Å². The third kappa shape index (κ3) is 3.68. The van der Waals surface area contributed by atoms with Crippen molar-refractivity contribution in [2.45, 2.75) is 32.9 Å². The molecule has 1 amide bonds. The van der Waals surface area contributed by atoms with Crippen molar-refractivity contribution in [3.8, 4) is 0 Å². The van der Waals surface area contributed by atoms with Gasteiger partial charge in [0.05, 0.1) is 23.6 Å². The number of nitrogens with zero attached hydrogens (tertiary/aromatic N) is 1. The monoisotopic (exact) mass is 319 g/mol. The van der Waals surface area contributed by atoms with Crippen molar-refractivity contribution < 1.29 is 9.90 Å². The molecular formula is C16H21N3O4. The number of rotatable bonds is 6. The summed E-state index contributed by atoms with van der Waals surface area (Å²) >= 11 is 0. The maximum absolute atomic E-state index is 12.3. The minimum atomic E-state index is -0.632. The minimum absolute atomic E-state index is 0.0931. The summed E-state index contributed by atoms with van der Waals surface area (Å²) in [5, 5.41) is 12.4. The molecule has 0 spiro atoms. The Morgan fingerprint density at radius 3 is 2.70 bits per heavy atom. The fraction of sp³-hybridized carbons (Fsp3) is 0.438. The van der Waals surface area contributed by atoms with Gasteiger partial charge in [0.1, 0.15) is 6.54 Å². The van der Waals surface area contributed by atoms with Gasteiger partial charge in [-0.2, -0.15) is 0 Å². The maximum Gasteiger partial charge on any atom is 0.329 e. The second kappa shape index (κ2) is 7.23. The van der Waals surface area contributed by atoms with Gasteiger partial charge in [-0.1, -0.05) is 32.4 Å². The molecular weight excluding hydrogens is 298 g/mol. The molecule has 23 heavy (non-hydrogen) atoms. The smallest absolute Gasteiger partial charge is 0.329 e. The zero-order chi connectivity index (χ0) is 17.0. The average Bonchev–Trinajstić information content (AvgIpc) is 2.55. The van der Waals surface area contributed by atoms with E-state index >= 15 is 0 Å². The quantitative estimate of drug-likeness (QED) is 0.708. The zero-order valence-electron chi connectivity index (χ0n) is 13.2. The molecule has 1 heterocycles. The van der Waals surface area contributed by atoms with Crippen molar-refractivity contribution in [1.29, 1.82) is 0 Å². The molecule has 0 saturated heterocycles. The Kier molecular flexibility index (Phi) is 5.33. The summed E-state index contributed by atoms with van der Waals surface area (Å²) in [4.78, 5) is 39.0. The third-order valence-electron chi connectivity index (χ3n) is 4.07. The van der Waals surface area contributed by atoms with Crippen LogP contribution in [0.5, 0.6) is 0 Å². The molecule has 0 fully saturated rings. The highest BCUT2D eigenvalue weighted by Crippen LogP contribution is 2.07. The molecule has 7 heteroatoms. The largest absolute Gasteiger partial charge is 0.394 e. The molecule has 2 rings (SSSR count). The SMILES string of the molecule is CC[C@H](C)[C@@H](CO)NC(=O)Cn1c(=O)[nH]c2ccccc2c1=O. The number of aliphatic hydroxyl groups excluding tert-OH is 1. The van der Waals surface area contributed by atoms with Crippen LogP contribution in [0.4, 0.5) is 0 Å². The first kappa shape index (κ1) is 17.0. The Hall–Kier alpha value is -2.41. The van der Waals surface area contributed by atoms with Crippen LogP contribution in [0.3, 0.4) is 0 Å². The number of aliphatic hydroxyl groups is 1. The summed E-state index contributed by atoms with van der Waals surface area (Å²) in [5.41, 5.74) is -0.705. The fourth-order valence-corrected chi connectivity index (χ4v) is 2.39. The normalized spacial score (nSPS) is 13.7. The Morgan fingerprint density at radius 1 is 1.35 bits per heavy atom. The van der Waals surface area contributed by atoms with Gasteiger partial charge in [-0.3, -0.25) is 14.2 Å². The number of benzene rings is 1. The number of hydrogen-bond acceptors (Lipinski definition) is 4. The number of nitrogens with one attached hydrogen (secondary N) is 2. The van der Waals surface area contributed by atoms with Crippen LogP contribution < -0.4 is 16.6 Å². The van der Waals surface area contributed by atoms with Crippen LogP contribution in [0.25, 0.3) is 10.9 Å². The zero-order valence-corrected chi connectivity index (χ0v) is 13.2. The molecule has 124 valence electrons. The molecule has 0 aliphatic heterocycles. The van der Waals surface area contributed by atoms with Crippen LogP contribution in [0.1, 0.15) is 20.3 Å². The van der Waals surface area contributed by atoms with Crippen molar-refractivity contribution in [2.75, 3.05) is 6.61 Å². The topological polar surface area (TPSA) is 104 Å². The van der Waals surface area contributed by atoms with E-state index in [-0.39, 0.29) is 19.1 Å². The van der Waals surface area contributed by atoms with Gasteiger partial charge in [0.2, 0.25) is 5.91 Å². The van der Waals surface area contributed by atoms with Crippen molar-refractivity contribution in [3.05, 3.63) is 45.1 Å². The van der Waals surface area contributed by atoms with Crippen molar-refractivity contribution in [3.63, 3.8) is 0 Å². The van der Waals surface area contributed by atoms with Crippen LogP contribution >= 0.6 is 0 Å². The van der Waals surface area contributed by atoms with Crippen LogP contribution in [-0.4, -0.2) is 33.2 Å². The minimum Gasteiger partial charge on any atom is -0.394 e. The Morgan fingerprint density at radius 2 is 2.04 bits per heavy atom. The number of aromatic nitrogens is 2. The second-order valence-electron chi connectivity index (χ2n) is 5.61. The van der Waals surface area contributed by atoms with Gasteiger partial charge < -0.3 is 15.4 Å². The lowest BCUT2D eigenvalue weighted by Gasteiger charge is -2.22. The molecule has 0 radical (unpaired) electrons. The number of hydrogen-bond donors (Lipinski definition) is 3.